The fourth-order valence-corrected chi connectivity index (χ4v) is 2.32. The Morgan fingerprint density at radius 1 is 1.17 bits per heavy atom. The first-order valence-electron chi connectivity index (χ1n) is 5.97. The van der Waals surface area contributed by atoms with Crippen LogP contribution >= 0.6 is 0 Å². The van der Waals surface area contributed by atoms with Crippen LogP contribution in [-0.4, -0.2) is 6.92 Å². The monoisotopic (exact) mass is 241 g/mol. The van der Waals surface area contributed by atoms with E-state index in [1.165, 1.54) is 6.07 Å². The lowest BCUT2D eigenvalue weighted by molar-refractivity contribution is 0.336. The van der Waals surface area contributed by atoms with Gasteiger partial charge in [-0.2, -0.15) is 0 Å². The zero-order valence-corrected chi connectivity index (χ0v) is 9.90. The van der Waals surface area contributed by atoms with Crippen molar-refractivity contribution in [2.75, 3.05) is 0 Å². The van der Waals surface area contributed by atoms with Gasteiger partial charge in [-0.1, -0.05) is 30.3 Å². The Kier molecular flexibility index (Phi) is 2.90. The Morgan fingerprint density at radius 3 is 2.67 bits per heavy atom. The van der Waals surface area contributed by atoms with E-state index in [4.69, 9.17) is 10.4 Å². The molecule has 0 saturated heterocycles. The van der Waals surface area contributed by atoms with Crippen LogP contribution in [0.3, 0.4) is 0 Å². The van der Waals surface area contributed by atoms with Crippen LogP contribution in [0.25, 0.3) is 0 Å². The zero-order chi connectivity index (χ0) is 12.5. The Labute approximate surface area is 106 Å². The minimum Gasteiger partial charge on any atom is -0.423 e. The molecule has 0 aromatic heterocycles. The largest absolute Gasteiger partial charge is 0.423 e. The molecular weight excluding hydrogens is 228 g/mol. The van der Waals surface area contributed by atoms with Gasteiger partial charge in [0.15, 0.2) is 0 Å². The van der Waals surface area contributed by atoms with Crippen LogP contribution in [0.2, 0.25) is 0 Å². The topological polar surface area (TPSA) is 35.2 Å². The van der Waals surface area contributed by atoms with E-state index in [9.17, 15) is 4.39 Å². The van der Waals surface area contributed by atoms with Gasteiger partial charge in [0.1, 0.15) is 5.82 Å². The molecule has 4 heteroatoms. The van der Waals surface area contributed by atoms with Crippen molar-refractivity contribution in [3.05, 3.63) is 59.4 Å². The summed E-state index contributed by atoms with van der Waals surface area (Å²) >= 11 is 0. The highest BCUT2D eigenvalue weighted by Crippen LogP contribution is 2.12. The van der Waals surface area contributed by atoms with Crippen LogP contribution < -0.4 is 16.7 Å². The molecule has 0 saturated carbocycles. The van der Waals surface area contributed by atoms with E-state index in [1.54, 1.807) is 12.1 Å². The number of benzene rings is 2. The molecule has 2 N–H and O–H groups in total. The zero-order valence-electron chi connectivity index (χ0n) is 9.90. The molecule has 0 fully saturated rings. The van der Waals surface area contributed by atoms with Crippen LogP contribution in [-0.2, 0) is 17.8 Å². The van der Waals surface area contributed by atoms with E-state index < -0.39 is 0 Å². The van der Waals surface area contributed by atoms with Crippen LogP contribution in [0.4, 0.5) is 4.39 Å². The van der Waals surface area contributed by atoms with Gasteiger partial charge in [0.25, 0.3) is 0 Å². The second-order valence-electron chi connectivity index (χ2n) is 4.48. The first-order chi connectivity index (χ1) is 8.78. The number of halogens is 1. The first kappa shape index (κ1) is 11.4. The Morgan fingerprint density at radius 2 is 1.94 bits per heavy atom. The molecule has 0 aliphatic carbocycles. The van der Waals surface area contributed by atoms with Crippen molar-refractivity contribution in [3.63, 3.8) is 0 Å². The normalized spacial score (nSPS) is 13.8. The summed E-state index contributed by atoms with van der Waals surface area (Å²) in [6.07, 6.45) is 0. The fraction of sp³-hybridized carbons (Fsp3) is 0.143. The van der Waals surface area contributed by atoms with Crippen LogP contribution in [0.5, 0.6) is 0 Å². The molecule has 0 amide bonds. The molecule has 1 aliphatic rings. The van der Waals surface area contributed by atoms with Crippen LogP contribution in [0.15, 0.2) is 42.5 Å². The Hall–Kier alpha value is -1.65. The summed E-state index contributed by atoms with van der Waals surface area (Å²) in [6, 6.07) is 12.9. The van der Waals surface area contributed by atoms with E-state index in [-0.39, 0.29) is 12.7 Å². The van der Waals surface area contributed by atoms with E-state index in [2.05, 4.69) is 0 Å². The third-order valence-corrected chi connectivity index (χ3v) is 3.31. The molecule has 0 spiro atoms. The van der Waals surface area contributed by atoms with Gasteiger partial charge < -0.3 is 10.4 Å². The van der Waals surface area contributed by atoms with Gasteiger partial charge in [-0.25, -0.2) is 4.39 Å². The Bertz CT molecular complexity index is 571. The second-order valence-corrected chi connectivity index (χ2v) is 4.48. The summed E-state index contributed by atoms with van der Waals surface area (Å²) < 4.78 is 18.9. The third-order valence-electron chi connectivity index (χ3n) is 3.31. The average Bonchev–Trinajstić information content (AvgIpc) is 2.81. The molecule has 2 nitrogen and oxygen atoms in total. The minimum atomic E-state index is -0.212. The van der Waals surface area contributed by atoms with Gasteiger partial charge in [-0.15, -0.1) is 0 Å². The quantitative estimate of drug-likeness (QED) is 0.793. The predicted molar refractivity (Wildman–Crippen MR) is 70.5 cm³/mol. The summed E-state index contributed by atoms with van der Waals surface area (Å²) in [5.41, 5.74) is 9.73. The lowest BCUT2D eigenvalue weighted by atomic mass is 9.56. The summed E-state index contributed by atoms with van der Waals surface area (Å²) in [5, 5.41) is 0. The second kappa shape index (κ2) is 4.56. The molecule has 0 bridgehead atoms. The highest BCUT2D eigenvalue weighted by Gasteiger charge is 2.29. The molecule has 0 atom stereocenters. The molecule has 2 aromatic rings. The minimum absolute atomic E-state index is 0.0903. The number of nitrogens with two attached hydrogens (primary N) is 1. The summed E-state index contributed by atoms with van der Waals surface area (Å²) in [6.45, 7) is 0.914. The summed E-state index contributed by atoms with van der Waals surface area (Å²) in [4.78, 5) is 0. The molecule has 0 unspecified atom stereocenters. The van der Waals surface area contributed by atoms with Gasteiger partial charge in [-0.05, 0) is 34.2 Å². The maximum absolute atomic E-state index is 13.1. The van der Waals surface area contributed by atoms with Crippen LogP contribution in [0.1, 0.15) is 11.1 Å². The van der Waals surface area contributed by atoms with E-state index >= 15 is 0 Å². The molecule has 1 aliphatic heterocycles. The van der Waals surface area contributed by atoms with Gasteiger partial charge in [0.05, 0.1) is 6.61 Å². The Balaban J connectivity index is 1.95. The van der Waals surface area contributed by atoms with E-state index in [0.717, 1.165) is 22.1 Å². The summed E-state index contributed by atoms with van der Waals surface area (Å²) in [7, 11) is 0. The molecule has 0 radical (unpaired) electrons. The van der Waals surface area contributed by atoms with Gasteiger partial charge in [-0.3, -0.25) is 0 Å². The number of hydrogen-bond acceptors (Lipinski definition) is 2. The van der Waals surface area contributed by atoms with Crippen molar-refractivity contribution >= 4 is 17.8 Å². The van der Waals surface area contributed by atoms with Crippen LogP contribution in [0, 0.1) is 5.82 Å². The number of rotatable bonds is 2. The maximum atomic E-state index is 13.1. The number of fused-ring (bicyclic) bond motifs is 1. The van der Waals surface area contributed by atoms with Gasteiger partial charge >= 0.3 is 6.92 Å². The fourth-order valence-electron chi connectivity index (χ4n) is 2.32. The molecule has 3 rings (SSSR count). The van der Waals surface area contributed by atoms with Gasteiger partial charge in [0, 0.05) is 6.54 Å². The van der Waals surface area contributed by atoms with Crippen molar-refractivity contribution in [2.45, 2.75) is 13.2 Å². The van der Waals surface area contributed by atoms with Crippen molar-refractivity contribution in [1.29, 1.82) is 0 Å². The lowest BCUT2D eigenvalue weighted by Gasteiger charge is -2.08. The van der Waals surface area contributed by atoms with Crippen molar-refractivity contribution < 1.29 is 9.04 Å². The highest BCUT2D eigenvalue weighted by molar-refractivity contribution is 6.81. The smallest absolute Gasteiger partial charge is 0.362 e. The predicted octanol–water partition coefficient (Wildman–Crippen LogP) is 0.920. The van der Waals surface area contributed by atoms with Crippen molar-refractivity contribution in [2.24, 2.45) is 5.73 Å². The molecular formula is C14H13BFNO. The lowest BCUT2D eigenvalue weighted by Crippen LogP contribution is -2.41. The number of hydrogen-bond donors (Lipinski definition) is 1. The summed E-state index contributed by atoms with van der Waals surface area (Å²) in [5.74, 6) is -0.212. The molecule has 90 valence electrons. The first-order valence-corrected chi connectivity index (χ1v) is 5.97. The standard InChI is InChI=1S/C14H13BFNO/c16-13-5-6-14-11(7-13)9-18-15(14)12-3-1-10(8-17)2-4-12/h1-7H,8-9,17H2. The van der Waals surface area contributed by atoms with E-state index in [1.807, 2.05) is 24.3 Å². The SMILES string of the molecule is NCc1ccc(B2OCc3cc(F)ccc32)cc1. The molecule has 2 aromatic carbocycles. The molecule has 1 heterocycles. The van der Waals surface area contributed by atoms with Crippen molar-refractivity contribution in [1.82, 2.24) is 0 Å². The van der Waals surface area contributed by atoms with E-state index in [0.29, 0.717) is 13.2 Å². The third kappa shape index (κ3) is 1.94. The average molecular weight is 241 g/mol. The maximum Gasteiger partial charge on any atom is 0.362 e. The van der Waals surface area contributed by atoms with Crippen molar-refractivity contribution in [3.8, 4) is 0 Å². The highest BCUT2D eigenvalue weighted by atomic mass is 19.1. The molecule has 18 heavy (non-hydrogen) atoms. The van der Waals surface area contributed by atoms with Gasteiger partial charge in [0.2, 0.25) is 0 Å².